The lowest BCUT2D eigenvalue weighted by Crippen LogP contribution is -2.50. The summed E-state index contributed by atoms with van der Waals surface area (Å²) in [4.78, 5) is 9.70. The van der Waals surface area contributed by atoms with Gasteiger partial charge >= 0.3 is 0 Å². The minimum Gasteiger partial charge on any atom is -0.355 e. The van der Waals surface area contributed by atoms with Crippen molar-refractivity contribution in [3.8, 4) is 0 Å². The molecule has 0 amide bonds. The maximum atomic E-state index is 7.12. The lowest BCUT2D eigenvalue weighted by Gasteiger charge is -2.45. The molecule has 2 heterocycles. The number of halogens is 1. The first kappa shape index (κ1) is 35.7. The first-order valence-electron chi connectivity index (χ1n) is 16.6. The summed E-state index contributed by atoms with van der Waals surface area (Å²) >= 11 is 7.01. The molecule has 0 radical (unpaired) electrons. The summed E-state index contributed by atoms with van der Waals surface area (Å²) in [6, 6.07) is 0.0482. The summed E-state index contributed by atoms with van der Waals surface area (Å²) in [5.41, 5.74) is 16.6. The third kappa shape index (κ3) is 7.87. The molecule has 2 N–H and O–H groups in total. The largest absolute Gasteiger partial charge is 0.355 e. The molecule has 0 aromatic carbocycles. The zero-order chi connectivity index (χ0) is 32.6. The van der Waals surface area contributed by atoms with Crippen molar-refractivity contribution in [1.82, 2.24) is 9.80 Å². The fourth-order valence-electron chi connectivity index (χ4n) is 6.64. The highest BCUT2D eigenvalue weighted by Crippen LogP contribution is 2.51. The van der Waals surface area contributed by atoms with Crippen LogP contribution >= 0.6 is 11.6 Å². The fraction of sp³-hybridized carbons (Fsp3) is 0.513. The van der Waals surface area contributed by atoms with Gasteiger partial charge < -0.3 is 15.5 Å². The molecule has 1 fully saturated rings. The standard InChI is InChI=1S/C39H57ClN4/c1-11-14-15-16-17-32(35(40)28(6)7)36(29(8)9)44-25-22-42-38(34(44)13-3)43-23-20-39(21-24-43)26-33(30(10)12-2)31(37(39)41)19-18-27(4)5/h13,15-19,22,25,30,37H,4,11-12,14,20-21,23-24,26,41H2,1-3,5-10H3/b16-15-,19-18-,32-17+,34-13-. The van der Waals surface area contributed by atoms with Crippen LogP contribution in [0.2, 0.25) is 0 Å². The summed E-state index contributed by atoms with van der Waals surface area (Å²) in [5.74, 6) is 1.55. The minimum atomic E-state index is 0.0482. The van der Waals surface area contributed by atoms with Crippen molar-refractivity contribution in [2.75, 3.05) is 13.1 Å². The quantitative estimate of drug-likeness (QED) is 0.248. The molecule has 0 aromatic heterocycles. The van der Waals surface area contributed by atoms with E-state index in [1.165, 1.54) is 11.1 Å². The van der Waals surface area contributed by atoms with E-state index in [1.807, 2.05) is 13.1 Å². The van der Waals surface area contributed by atoms with Crippen molar-refractivity contribution in [2.45, 2.75) is 107 Å². The highest BCUT2D eigenvalue weighted by Gasteiger charge is 2.47. The number of amidine groups is 1. The molecule has 2 atom stereocenters. The van der Waals surface area contributed by atoms with Crippen LogP contribution in [0, 0.1) is 11.3 Å². The topological polar surface area (TPSA) is 44.9 Å². The van der Waals surface area contributed by atoms with E-state index in [2.05, 4.69) is 114 Å². The first-order chi connectivity index (χ1) is 20.9. The third-order valence-electron chi connectivity index (χ3n) is 9.40. The Labute approximate surface area is 273 Å². The second kappa shape index (κ2) is 16.0. The van der Waals surface area contributed by atoms with Gasteiger partial charge in [0.2, 0.25) is 0 Å². The monoisotopic (exact) mass is 616 g/mol. The van der Waals surface area contributed by atoms with E-state index < -0.39 is 0 Å². The van der Waals surface area contributed by atoms with Gasteiger partial charge in [-0.3, -0.25) is 0 Å². The van der Waals surface area contributed by atoms with Gasteiger partial charge in [-0.15, -0.1) is 0 Å². The molecular weight excluding hydrogens is 560 g/mol. The molecule has 0 aromatic rings. The van der Waals surface area contributed by atoms with Crippen molar-refractivity contribution < 1.29 is 0 Å². The predicted octanol–water partition coefficient (Wildman–Crippen LogP) is 10.5. The van der Waals surface area contributed by atoms with Gasteiger partial charge in [0, 0.05) is 42.1 Å². The van der Waals surface area contributed by atoms with Crippen LogP contribution in [-0.2, 0) is 0 Å². The number of aliphatic imine (C=N–C) groups is 1. The van der Waals surface area contributed by atoms with E-state index >= 15 is 0 Å². The molecule has 1 spiro atoms. The summed E-state index contributed by atoms with van der Waals surface area (Å²) in [5, 5.41) is 0.784. The average molecular weight is 617 g/mol. The number of nitrogens with two attached hydrogens (primary N) is 1. The molecule has 240 valence electrons. The molecule has 1 saturated heterocycles. The van der Waals surface area contributed by atoms with Crippen LogP contribution in [0.5, 0.6) is 0 Å². The highest BCUT2D eigenvalue weighted by atomic mass is 35.5. The van der Waals surface area contributed by atoms with Crippen LogP contribution < -0.4 is 5.73 Å². The van der Waals surface area contributed by atoms with E-state index in [4.69, 9.17) is 22.3 Å². The Balaban J connectivity index is 1.91. The molecule has 0 saturated carbocycles. The Morgan fingerprint density at radius 2 is 1.84 bits per heavy atom. The van der Waals surface area contributed by atoms with Gasteiger partial charge in [0.25, 0.3) is 0 Å². The smallest absolute Gasteiger partial charge is 0.152 e. The van der Waals surface area contributed by atoms with E-state index in [0.717, 1.165) is 90.6 Å². The van der Waals surface area contributed by atoms with Crippen molar-refractivity contribution in [3.63, 3.8) is 0 Å². The third-order valence-corrected chi connectivity index (χ3v) is 9.98. The van der Waals surface area contributed by atoms with Crippen LogP contribution in [0.15, 0.2) is 110 Å². The molecule has 5 heteroatoms. The number of unbranched alkanes of at least 4 members (excludes halogenated alkanes) is 1. The van der Waals surface area contributed by atoms with E-state index in [9.17, 15) is 0 Å². The van der Waals surface area contributed by atoms with Gasteiger partial charge in [-0.05, 0) is 90.6 Å². The Hall–Kier alpha value is -2.82. The second-order valence-corrected chi connectivity index (χ2v) is 13.6. The van der Waals surface area contributed by atoms with Crippen LogP contribution in [0.1, 0.15) is 101 Å². The number of piperidine rings is 1. The van der Waals surface area contributed by atoms with Crippen LogP contribution in [0.25, 0.3) is 0 Å². The number of hydrogen-bond donors (Lipinski definition) is 1. The van der Waals surface area contributed by atoms with Crippen molar-refractivity contribution in [3.05, 3.63) is 105 Å². The molecule has 1 aliphatic carbocycles. The summed E-state index contributed by atoms with van der Waals surface area (Å²) in [6.45, 7) is 25.4. The number of likely N-dealkylation sites (tertiary alicyclic amines) is 1. The van der Waals surface area contributed by atoms with Crippen molar-refractivity contribution >= 4 is 17.4 Å². The minimum absolute atomic E-state index is 0.0482. The van der Waals surface area contributed by atoms with E-state index in [0.29, 0.717) is 5.92 Å². The first-order valence-corrected chi connectivity index (χ1v) is 17.0. The molecule has 4 nitrogen and oxygen atoms in total. The average Bonchev–Trinajstić information content (AvgIpc) is 3.26. The molecule has 0 bridgehead atoms. The number of allylic oxidation sites excluding steroid dienone is 10. The van der Waals surface area contributed by atoms with Crippen molar-refractivity contribution in [1.29, 1.82) is 0 Å². The lowest BCUT2D eigenvalue weighted by molar-refractivity contribution is 0.137. The fourth-order valence-corrected chi connectivity index (χ4v) is 6.80. The Kier molecular flexibility index (Phi) is 12.9. The van der Waals surface area contributed by atoms with Crippen LogP contribution in [0.4, 0.5) is 0 Å². The van der Waals surface area contributed by atoms with Gasteiger partial charge in [-0.25, -0.2) is 4.99 Å². The Bertz CT molecular complexity index is 1340. The maximum Gasteiger partial charge on any atom is 0.152 e. The number of hydrogen-bond acceptors (Lipinski definition) is 4. The number of rotatable bonds is 10. The highest BCUT2D eigenvalue weighted by molar-refractivity contribution is 6.32. The summed E-state index contributed by atoms with van der Waals surface area (Å²) < 4.78 is 0. The molecular formula is C39H57ClN4. The molecule has 2 unspecified atom stereocenters. The lowest BCUT2D eigenvalue weighted by atomic mass is 9.71. The molecule has 2 aliphatic heterocycles. The van der Waals surface area contributed by atoms with Gasteiger partial charge in [-0.2, -0.15) is 0 Å². The van der Waals surface area contributed by atoms with Crippen LogP contribution in [-0.4, -0.2) is 34.8 Å². The van der Waals surface area contributed by atoms with Gasteiger partial charge in [0.05, 0.1) is 11.4 Å². The Morgan fingerprint density at radius 3 is 2.39 bits per heavy atom. The summed E-state index contributed by atoms with van der Waals surface area (Å²) in [7, 11) is 0. The maximum absolute atomic E-state index is 7.12. The van der Waals surface area contributed by atoms with Crippen LogP contribution in [0.3, 0.4) is 0 Å². The Morgan fingerprint density at radius 1 is 1.16 bits per heavy atom. The van der Waals surface area contributed by atoms with Crippen molar-refractivity contribution in [2.24, 2.45) is 22.1 Å². The number of nitrogens with zero attached hydrogens (tertiary/aromatic N) is 3. The zero-order valence-electron chi connectivity index (χ0n) is 28.9. The molecule has 3 aliphatic rings. The zero-order valence-corrected chi connectivity index (χ0v) is 29.7. The van der Waals surface area contributed by atoms with Gasteiger partial charge in [-0.1, -0.05) is 104 Å². The van der Waals surface area contributed by atoms with Gasteiger partial charge in [0.1, 0.15) is 0 Å². The van der Waals surface area contributed by atoms with E-state index in [1.54, 1.807) is 5.57 Å². The normalized spacial score (nSPS) is 22.1. The second-order valence-electron chi connectivity index (χ2n) is 13.2. The molecule has 3 rings (SSSR count). The summed E-state index contributed by atoms with van der Waals surface area (Å²) in [6.07, 6.45) is 23.6. The van der Waals surface area contributed by atoms with Gasteiger partial charge in [0.15, 0.2) is 5.84 Å². The van der Waals surface area contributed by atoms with E-state index in [-0.39, 0.29) is 11.5 Å². The predicted molar refractivity (Wildman–Crippen MR) is 193 cm³/mol. The SMILES string of the molecule is C=C(C)/C=C\C1=C(C(C)CC)CC2(CCN(C3=NC=CN(C(=C(C)C)/C(=C/C=C\CCC)C(Cl)=C(C)C)/C3=C\C)CC2)C1N. The molecule has 44 heavy (non-hydrogen) atoms.